The Bertz CT molecular complexity index is 944. The summed E-state index contributed by atoms with van der Waals surface area (Å²) in [4.78, 5) is 36.2. The van der Waals surface area contributed by atoms with Crippen LogP contribution in [0.15, 0.2) is 48.5 Å². The number of rotatable bonds is 9. The number of hydrogen-bond donors (Lipinski definition) is 3. The molecule has 3 N–H and O–H groups in total. The van der Waals surface area contributed by atoms with Crippen LogP contribution in [0.5, 0.6) is 0 Å². The monoisotopic (exact) mass is 438 g/mol. The third-order valence-corrected chi connectivity index (χ3v) is 6.02. The van der Waals surface area contributed by atoms with Crippen LogP contribution in [0.1, 0.15) is 50.7 Å². The van der Waals surface area contributed by atoms with Gasteiger partial charge in [-0.25, -0.2) is 9.59 Å². The lowest BCUT2D eigenvalue weighted by Gasteiger charge is -2.21. The minimum absolute atomic E-state index is 0.0794. The first-order valence-corrected chi connectivity index (χ1v) is 11.0. The Hall–Kier alpha value is -3.35. The van der Waals surface area contributed by atoms with Crippen LogP contribution in [0.2, 0.25) is 0 Å². The minimum atomic E-state index is -1.09. The molecule has 1 aliphatic carbocycles. The van der Waals surface area contributed by atoms with Crippen molar-refractivity contribution in [2.24, 2.45) is 5.92 Å². The molecule has 0 fully saturated rings. The van der Waals surface area contributed by atoms with Crippen molar-refractivity contribution in [2.45, 2.75) is 51.6 Å². The molecule has 32 heavy (non-hydrogen) atoms. The molecule has 2 unspecified atom stereocenters. The van der Waals surface area contributed by atoms with Gasteiger partial charge < -0.3 is 20.5 Å². The van der Waals surface area contributed by atoms with Gasteiger partial charge in [-0.1, -0.05) is 68.8 Å². The Morgan fingerprint density at radius 3 is 2.06 bits per heavy atom. The van der Waals surface area contributed by atoms with E-state index in [-0.39, 0.29) is 18.4 Å². The van der Waals surface area contributed by atoms with Crippen molar-refractivity contribution in [3.63, 3.8) is 0 Å². The van der Waals surface area contributed by atoms with Crippen molar-refractivity contribution in [3.8, 4) is 11.1 Å². The average molecular weight is 439 g/mol. The number of amides is 2. The lowest BCUT2D eigenvalue weighted by Crippen LogP contribution is -2.50. The molecule has 0 aliphatic heterocycles. The van der Waals surface area contributed by atoms with Crippen LogP contribution in [0.25, 0.3) is 11.1 Å². The molecule has 0 saturated heterocycles. The quantitative estimate of drug-likeness (QED) is 0.550. The van der Waals surface area contributed by atoms with E-state index in [1.807, 2.05) is 50.2 Å². The Balaban J connectivity index is 1.57. The Labute approximate surface area is 188 Å². The fourth-order valence-electron chi connectivity index (χ4n) is 3.97. The van der Waals surface area contributed by atoms with Crippen molar-refractivity contribution < 1.29 is 24.2 Å². The second-order valence-corrected chi connectivity index (χ2v) is 8.34. The Kier molecular flexibility index (Phi) is 7.51. The van der Waals surface area contributed by atoms with Gasteiger partial charge in [0.15, 0.2) is 0 Å². The number of benzene rings is 2. The van der Waals surface area contributed by atoms with Crippen LogP contribution in [-0.4, -0.2) is 41.8 Å². The van der Waals surface area contributed by atoms with E-state index in [0.717, 1.165) is 28.7 Å². The zero-order valence-corrected chi connectivity index (χ0v) is 18.6. The Morgan fingerprint density at radius 2 is 1.53 bits per heavy atom. The summed E-state index contributed by atoms with van der Waals surface area (Å²) in [6.07, 6.45) is 0.422. The van der Waals surface area contributed by atoms with Crippen molar-refractivity contribution in [1.29, 1.82) is 0 Å². The molecule has 170 valence electrons. The highest BCUT2D eigenvalue weighted by molar-refractivity contribution is 5.89. The summed E-state index contributed by atoms with van der Waals surface area (Å²) in [5.41, 5.74) is 4.46. The van der Waals surface area contributed by atoms with Gasteiger partial charge in [0.05, 0.1) is 0 Å². The van der Waals surface area contributed by atoms with E-state index in [1.165, 1.54) is 6.92 Å². The minimum Gasteiger partial charge on any atom is -0.480 e. The van der Waals surface area contributed by atoms with Gasteiger partial charge in [-0.3, -0.25) is 4.79 Å². The highest BCUT2D eigenvalue weighted by Crippen LogP contribution is 2.44. The Morgan fingerprint density at radius 1 is 0.969 bits per heavy atom. The summed E-state index contributed by atoms with van der Waals surface area (Å²) >= 11 is 0. The number of ether oxygens (including phenoxy) is 1. The number of carboxylic acids is 1. The highest BCUT2D eigenvalue weighted by atomic mass is 16.5. The third kappa shape index (κ3) is 5.28. The molecule has 2 aromatic rings. The van der Waals surface area contributed by atoms with E-state index in [4.69, 9.17) is 4.74 Å². The third-order valence-electron chi connectivity index (χ3n) is 6.02. The van der Waals surface area contributed by atoms with Gasteiger partial charge in [-0.05, 0) is 41.5 Å². The topological polar surface area (TPSA) is 105 Å². The highest BCUT2D eigenvalue weighted by Gasteiger charge is 2.30. The van der Waals surface area contributed by atoms with Gasteiger partial charge in [0.25, 0.3) is 0 Å². The number of fused-ring (bicyclic) bond motifs is 3. The summed E-state index contributed by atoms with van der Waals surface area (Å²) in [5, 5.41) is 14.4. The van der Waals surface area contributed by atoms with Gasteiger partial charge in [0, 0.05) is 5.92 Å². The predicted molar refractivity (Wildman–Crippen MR) is 121 cm³/mol. The molecule has 0 saturated carbocycles. The molecular weight excluding hydrogens is 408 g/mol. The molecule has 7 nitrogen and oxygen atoms in total. The van der Waals surface area contributed by atoms with Gasteiger partial charge in [0.2, 0.25) is 5.91 Å². The summed E-state index contributed by atoms with van der Waals surface area (Å²) in [7, 11) is 0. The average Bonchev–Trinajstić information content (AvgIpc) is 3.10. The van der Waals surface area contributed by atoms with Crippen molar-refractivity contribution in [3.05, 3.63) is 59.7 Å². The predicted octanol–water partition coefficient (Wildman–Crippen LogP) is 3.92. The number of carboxylic acid groups (broad SMARTS) is 1. The fourth-order valence-corrected chi connectivity index (χ4v) is 3.97. The maximum Gasteiger partial charge on any atom is 0.407 e. The van der Waals surface area contributed by atoms with E-state index in [9.17, 15) is 19.5 Å². The molecular formula is C25H30N2O5. The first-order valence-electron chi connectivity index (χ1n) is 11.0. The zero-order valence-electron chi connectivity index (χ0n) is 18.6. The SMILES string of the molecule is CCC(C)CC(NC(=O)[C@H](C)NC(=O)OCC1c2ccccc2-c2ccccc21)C(=O)O. The molecule has 3 atom stereocenters. The van der Waals surface area contributed by atoms with Crippen molar-refractivity contribution in [1.82, 2.24) is 10.6 Å². The molecule has 0 heterocycles. The molecule has 0 spiro atoms. The molecule has 0 aromatic heterocycles. The number of carbonyl (C=O) groups is 3. The van der Waals surface area contributed by atoms with Gasteiger partial charge >= 0.3 is 12.1 Å². The maximum atomic E-state index is 12.4. The maximum absolute atomic E-state index is 12.4. The molecule has 7 heteroatoms. The summed E-state index contributed by atoms with van der Waals surface area (Å²) in [6.45, 7) is 5.53. The number of aliphatic carboxylic acids is 1. The largest absolute Gasteiger partial charge is 0.480 e. The molecule has 3 rings (SSSR count). The second kappa shape index (κ2) is 10.3. The lowest BCUT2D eigenvalue weighted by molar-refractivity contribution is -0.142. The molecule has 0 bridgehead atoms. The normalized spacial score (nSPS) is 15.1. The molecule has 0 radical (unpaired) electrons. The van der Waals surface area contributed by atoms with Crippen molar-refractivity contribution >= 4 is 18.0 Å². The first kappa shape index (κ1) is 23.3. The summed E-state index contributed by atoms with van der Waals surface area (Å²) < 4.78 is 5.45. The zero-order chi connectivity index (χ0) is 23.3. The van der Waals surface area contributed by atoms with Gasteiger partial charge in [0.1, 0.15) is 18.7 Å². The molecule has 2 amide bonds. The van der Waals surface area contributed by atoms with E-state index < -0.39 is 30.1 Å². The van der Waals surface area contributed by atoms with E-state index in [2.05, 4.69) is 22.8 Å². The summed E-state index contributed by atoms with van der Waals surface area (Å²) in [5.74, 6) is -1.58. The lowest BCUT2D eigenvalue weighted by atomic mass is 9.98. The summed E-state index contributed by atoms with van der Waals surface area (Å²) in [6, 6.07) is 14.1. The van der Waals surface area contributed by atoms with E-state index >= 15 is 0 Å². The van der Waals surface area contributed by atoms with E-state index in [0.29, 0.717) is 6.42 Å². The van der Waals surface area contributed by atoms with Crippen LogP contribution < -0.4 is 10.6 Å². The smallest absolute Gasteiger partial charge is 0.407 e. The van der Waals surface area contributed by atoms with Crippen LogP contribution in [0.4, 0.5) is 4.79 Å². The van der Waals surface area contributed by atoms with Gasteiger partial charge in [-0.2, -0.15) is 0 Å². The first-order chi connectivity index (χ1) is 15.3. The second-order valence-electron chi connectivity index (χ2n) is 8.34. The standard InChI is InChI=1S/C25H30N2O5/c1-4-15(2)13-22(24(29)30)27-23(28)16(3)26-25(31)32-14-21-19-11-7-5-9-17(19)18-10-6-8-12-20(18)21/h5-12,15-16,21-22H,4,13-14H2,1-3H3,(H,26,31)(H,27,28)(H,29,30)/t15?,16-,22?/m0/s1. The van der Waals surface area contributed by atoms with Crippen LogP contribution in [0, 0.1) is 5.92 Å². The number of alkyl carbamates (subject to hydrolysis) is 1. The van der Waals surface area contributed by atoms with Gasteiger partial charge in [-0.15, -0.1) is 0 Å². The molecule has 2 aromatic carbocycles. The number of nitrogens with one attached hydrogen (secondary N) is 2. The van der Waals surface area contributed by atoms with Crippen molar-refractivity contribution in [2.75, 3.05) is 6.61 Å². The van der Waals surface area contributed by atoms with Crippen LogP contribution >= 0.6 is 0 Å². The number of hydrogen-bond acceptors (Lipinski definition) is 4. The van der Waals surface area contributed by atoms with Crippen LogP contribution in [-0.2, 0) is 14.3 Å². The number of carbonyl (C=O) groups excluding carboxylic acids is 2. The fraction of sp³-hybridized carbons (Fsp3) is 0.400. The molecule has 1 aliphatic rings. The van der Waals surface area contributed by atoms with Crippen LogP contribution in [0.3, 0.4) is 0 Å². The van der Waals surface area contributed by atoms with E-state index in [1.54, 1.807) is 0 Å².